The molecule has 1 aromatic rings. The van der Waals surface area contributed by atoms with Crippen LogP contribution < -0.4 is 5.32 Å². The van der Waals surface area contributed by atoms with Crippen LogP contribution in [0.2, 0.25) is 0 Å². The summed E-state index contributed by atoms with van der Waals surface area (Å²) in [6, 6.07) is 9.58. The van der Waals surface area contributed by atoms with E-state index in [-0.39, 0.29) is 29.1 Å². The molecular formula is C18H26N2O2S. The molecule has 1 heterocycles. The fourth-order valence-electron chi connectivity index (χ4n) is 2.66. The minimum absolute atomic E-state index is 0.0293. The summed E-state index contributed by atoms with van der Waals surface area (Å²) in [7, 11) is 0. The van der Waals surface area contributed by atoms with E-state index in [0.29, 0.717) is 12.3 Å². The highest BCUT2D eigenvalue weighted by Gasteiger charge is 2.42. The van der Waals surface area contributed by atoms with Crippen molar-refractivity contribution in [3.63, 3.8) is 0 Å². The summed E-state index contributed by atoms with van der Waals surface area (Å²) in [6.07, 6.45) is 2.01. The number of carbonyl (C=O) groups is 2. The molecule has 0 bridgehead atoms. The Balaban J connectivity index is 2.19. The summed E-state index contributed by atoms with van der Waals surface area (Å²) < 4.78 is 0. The highest BCUT2D eigenvalue weighted by molar-refractivity contribution is 7.99. The molecule has 2 rings (SSSR count). The van der Waals surface area contributed by atoms with E-state index in [1.165, 1.54) is 0 Å². The number of unbranched alkanes of at least 4 members (excludes halogenated alkanes) is 1. The number of benzene rings is 1. The van der Waals surface area contributed by atoms with E-state index < -0.39 is 0 Å². The zero-order chi connectivity index (χ0) is 16.8. The minimum Gasteiger partial charge on any atom is -0.354 e. The molecule has 0 saturated carbocycles. The van der Waals surface area contributed by atoms with E-state index in [1.54, 1.807) is 16.7 Å². The molecule has 4 nitrogen and oxygen atoms in total. The number of nitrogens with zero attached hydrogens (tertiary/aromatic N) is 1. The number of hydrogen-bond donors (Lipinski definition) is 1. The van der Waals surface area contributed by atoms with Crippen molar-refractivity contribution in [2.75, 3.05) is 12.3 Å². The SMILES string of the molecule is CCCCNC(=O)[C@@H]1CS[C@@H](c2ccccc2)N1C(=O)C(C)C. The first-order chi connectivity index (χ1) is 11.1. The highest BCUT2D eigenvalue weighted by Crippen LogP contribution is 2.42. The lowest BCUT2D eigenvalue weighted by atomic mass is 10.1. The Morgan fingerprint density at radius 1 is 1.30 bits per heavy atom. The summed E-state index contributed by atoms with van der Waals surface area (Å²) in [5, 5.41) is 2.90. The molecule has 0 radical (unpaired) electrons. The molecule has 1 aliphatic rings. The second kappa shape index (κ2) is 8.39. The average Bonchev–Trinajstić information content (AvgIpc) is 2.99. The summed E-state index contributed by atoms with van der Waals surface area (Å²) in [5.41, 5.74) is 1.08. The van der Waals surface area contributed by atoms with Crippen LogP contribution >= 0.6 is 11.8 Å². The summed E-state index contributed by atoms with van der Waals surface area (Å²) in [5.74, 6) is 0.541. The van der Waals surface area contributed by atoms with Gasteiger partial charge in [0, 0.05) is 18.2 Å². The van der Waals surface area contributed by atoms with E-state index in [2.05, 4.69) is 12.2 Å². The zero-order valence-corrected chi connectivity index (χ0v) is 14.9. The van der Waals surface area contributed by atoms with Gasteiger partial charge >= 0.3 is 0 Å². The molecule has 0 aromatic heterocycles. The van der Waals surface area contributed by atoms with Crippen LogP contribution in [-0.4, -0.2) is 35.1 Å². The lowest BCUT2D eigenvalue weighted by Crippen LogP contribution is -2.49. The van der Waals surface area contributed by atoms with Crippen LogP contribution in [0.25, 0.3) is 0 Å². The standard InChI is InChI=1S/C18H26N2O2S/c1-4-5-11-19-16(21)15-12-23-18(14-9-7-6-8-10-14)20(15)17(22)13(2)3/h6-10,13,15,18H,4-5,11-12H2,1-3H3,(H,19,21)/t15-,18-/m0/s1. The number of rotatable bonds is 6. The van der Waals surface area contributed by atoms with Crippen LogP contribution in [0.5, 0.6) is 0 Å². The van der Waals surface area contributed by atoms with Gasteiger partial charge in [-0.05, 0) is 12.0 Å². The van der Waals surface area contributed by atoms with Gasteiger partial charge in [0.15, 0.2) is 0 Å². The van der Waals surface area contributed by atoms with Crippen molar-refractivity contribution in [1.29, 1.82) is 0 Å². The lowest BCUT2D eigenvalue weighted by Gasteiger charge is -2.30. The third kappa shape index (κ3) is 4.28. The molecular weight excluding hydrogens is 308 g/mol. The molecule has 23 heavy (non-hydrogen) atoms. The van der Waals surface area contributed by atoms with Gasteiger partial charge in [0.2, 0.25) is 11.8 Å². The van der Waals surface area contributed by atoms with E-state index in [0.717, 1.165) is 18.4 Å². The fraction of sp³-hybridized carbons (Fsp3) is 0.556. The molecule has 0 aliphatic carbocycles. The van der Waals surface area contributed by atoms with Gasteiger partial charge < -0.3 is 10.2 Å². The molecule has 1 fully saturated rings. The molecule has 5 heteroatoms. The van der Waals surface area contributed by atoms with Crippen molar-refractivity contribution in [3.8, 4) is 0 Å². The predicted octanol–water partition coefficient (Wildman–Crippen LogP) is 3.20. The van der Waals surface area contributed by atoms with Crippen LogP contribution in [0.3, 0.4) is 0 Å². The van der Waals surface area contributed by atoms with Crippen molar-refractivity contribution in [3.05, 3.63) is 35.9 Å². The number of hydrogen-bond acceptors (Lipinski definition) is 3. The van der Waals surface area contributed by atoms with E-state index in [9.17, 15) is 9.59 Å². The Morgan fingerprint density at radius 3 is 2.61 bits per heavy atom. The molecule has 1 aliphatic heterocycles. The Kier molecular flexibility index (Phi) is 6.51. The maximum atomic E-state index is 12.7. The van der Waals surface area contributed by atoms with Crippen molar-refractivity contribution < 1.29 is 9.59 Å². The van der Waals surface area contributed by atoms with Crippen molar-refractivity contribution in [2.45, 2.75) is 45.0 Å². The first-order valence-corrected chi connectivity index (χ1v) is 9.37. The minimum atomic E-state index is -0.378. The van der Waals surface area contributed by atoms with Gasteiger partial charge in [0.1, 0.15) is 11.4 Å². The third-order valence-corrected chi connectivity index (χ3v) is 5.29. The van der Waals surface area contributed by atoms with Crippen LogP contribution in [0.1, 0.15) is 44.6 Å². The topological polar surface area (TPSA) is 49.4 Å². The summed E-state index contributed by atoms with van der Waals surface area (Å²) in [6.45, 7) is 6.55. The first-order valence-electron chi connectivity index (χ1n) is 8.32. The van der Waals surface area contributed by atoms with Crippen LogP contribution in [0, 0.1) is 5.92 Å². The van der Waals surface area contributed by atoms with Gasteiger partial charge in [-0.1, -0.05) is 57.5 Å². The van der Waals surface area contributed by atoms with Crippen LogP contribution in [0.4, 0.5) is 0 Å². The lowest BCUT2D eigenvalue weighted by molar-refractivity contribution is -0.142. The second-order valence-electron chi connectivity index (χ2n) is 6.16. The van der Waals surface area contributed by atoms with E-state index in [1.807, 2.05) is 44.2 Å². The molecule has 1 saturated heterocycles. The van der Waals surface area contributed by atoms with Gasteiger partial charge in [0.05, 0.1) is 0 Å². The van der Waals surface area contributed by atoms with Gasteiger partial charge in [-0.15, -0.1) is 11.8 Å². The van der Waals surface area contributed by atoms with Crippen LogP contribution in [0.15, 0.2) is 30.3 Å². The predicted molar refractivity (Wildman–Crippen MR) is 95.0 cm³/mol. The van der Waals surface area contributed by atoms with E-state index >= 15 is 0 Å². The number of carbonyl (C=O) groups excluding carboxylic acids is 2. The fourth-order valence-corrected chi connectivity index (χ4v) is 4.09. The normalized spacial score (nSPS) is 20.8. The Hall–Kier alpha value is -1.49. The number of amides is 2. The second-order valence-corrected chi connectivity index (χ2v) is 7.27. The monoisotopic (exact) mass is 334 g/mol. The maximum Gasteiger partial charge on any atom is 0.243 e. The van der Waals surface area contributed by atoms with Gasteiger partial charge in [-0.3, -0.25) is 9.59 Å². The molecule has 1 N–H and O–H groups in total. The van der Waals surface area contributed by atoms with E-state index in [4.69, 9.17) is 0 Å². The van der Waals surface area contributed by atoms with Gasteiger partial charge in [-0.2, -0.15) is 0 Å². The molecule has 2 atom stereocenters. The maximum absolute atomic E-state index is 12.7. The van der Waals surface area contributed by atoms with Gasteiger partial charge in [-0.25, -0.2) is 0 Å². The summed E-state index contributed by atoms with van der Waals surface area (Å²) >= 11 is 1.67. The third-order valence-electron chi connectivity index (χ3n) is 3.97. The molecule has 2 amide bonds. The van der Waals surface area contributed by atoms with Gasteiger partial charge in [0.25, 0.3) is 0 Å². The van der Waals surface area contributed by atoms with Crippen molar-refractivity contribution in [1.82, 2.24) is 10.2 Å². The van der Waals surface area contributed by atoms with Crippen LogP contribution in [-0.2, 0) is 9.59 Å². The highest BCUT2D eigenvalue weighted by atomic mass is 32.2. The van der Waals surface area contributed by atoms with Crippen molar-refractivity contribution >= 4 is 23.6 Å². The average molecular weight is 334 g/mol. The first kappa shape index (κ1) is 17.9. The quantitative estimate of drug-likeness (QED) is 0.813. The zero-order valence-electron chi connectivity index (χ0n) is 14.1. The summed E-state index contributed by atoms with van der Waals surface area (Å²) in [4.78, 5) is 27.0. The Bertz CT molecular complexity index is 533. The number of thioether (sulfide) groups is 1. The number of nitrogens with one attached hydrogen (secondary N) is 1. The Morgan fingerprint density at radius 2 is 2.00 bits per heavy atom. The molecule has 126 valence electrons. The van der Waals surface area contributed by atoms with Crippen molar-refractivity contribution in [2.24, 2.45) is 5.92 Å². The molecule has 1 aromatic carbocycles. The largest absolute Gasteiger partial charge is 0.354 e. The molecule has 0 spiro atoms. The Labute approximate surface area is 143 Å². The smallest absolute Gasteiger partial charge is 0.243 e. The molecule has 0 unspecified atom stereocenters.